The Morgan fingerprint density at radius 2 is 2.10 bits per heavy atom. The highest BCUT2D eigenvalue weighted by atomic mass is 32.1. The highest BCUT2D eigenvalue weighted by Gasteiger charge is 2.20. The van der Waals surface area contributed by atoms with Gasteiger partial charge in [0.1, 0.15) is 0 Å². The minimum Gasteiger partial charge on any atom is -0.348 e. The van der Waals surface area contributed by atoms with Crippen molar-refractivity contribution in [3.8, 4) is 0 Å². The fourth-order valence-electron chi connectivity index (χ4n) is 2.77. The van der Waals surface area contributed by atoms with Gasteiger partial charge in [-0.25, -0.2) is 4.98 Å². The summed E-state index contributed by atoms with van der Waals surface area (Å²) in [6.07, 6.45) is 10.2. The molecule has 0 bridgehead atoms. The first-order valence-corrected chi connectivity index (χ1v) is 9.23. The molecule has 1 aliphatic carbocycles. The molecule has 2 aliphatic rings. The van der Waals surface area contributed by atoms with Crippen molar-refractivity contribution in [2.24, 2.45) is 0 Å². The van der Waals surface area contributed by atoms with Gasteiger partial charge in [-0.2, -0.15) is 0 Å². The summed E-state index contributed by atoms with van der Waals surface area (Å²) in [6.45, 7) is 7.80. The number of aromatic nitrogens is 1. The third-order valence-corrected chi connectivity index (χ3v) is 5.60. The molecule has 1 saturated carbocycles. The van der Waals surface area contributed by atoms with Gasteiger partial charge in [-0.3, -0.25) is 0 Å². The molecule has 0 spiro atoms. The molecule has 4 heteroatoms. The zero-order chi connectivity index (χ0) is 14.7. The lowest BCUT2D eigenvalue weighted by atomic mass is 10.1. The summed E-state index contributed by atoms with van der Waals surface area (Å²) in [6, 6.07) is 0.784. The summed E-state index contributed by atoms with van der Waals surface area (Å²) >= 11 is 1.87. The van der Waals surface area contributed by atoms with Crippen molar-refractivity contribution < 1.29 is 0 Å². The molecule has 21 heavy (non-hydrogen) atoms. The van der Waals surface area contributed by atoms with Crippen LogP contribution in [0.15, 0.2) is 5.57 Å². The highest BCUT2D eigenvalue weighted by molar-refractivity contribution is 7.16. The van der Waals surface area contributed by atoms with Crippen molar-refractivity contribution in [1.82, 2.24) is 10.3 Å². The van der Waals surface area contributed by atoms with Crippen molar-refractivity contribution >= 4 is 22.5 Å². The Kier molecular flexibility index (Phi) is 4.96. The topological polar surface area (TPSA) is 28.2 Å². The molecule has 1 aromatic rings. The van der Waals surface area contributed by atoms with Gasteiger partial charge in [0.15, 0.2) is 5.13 Å². The van der Waals surface area contributed by atoms with E-state index in [1.165, 1.54) is 66.5 Å². The normalized spacial score (nSPS) is 20.1. The van der Waals surface area contributed by atoms with E-state index in [2.05, 4.69) is 30.1 Å². The van der Waals surface area contributed by atoms with Crippen molar-refractivity contribution in [3.05, 3.63) is 16.1 Å². The molecule has 1 saturated heterocycles. The van der Waals surface area contributed by atoms with E-state index < -0.39 is 0 Å². The minimum atomic E-state index is 0.784. The third kappa shape index (κ3) is 4.07. The molecule has 1 aliphatic heterocycles. The monoisotopic (exact) mass is 305 g/mol. The van der Waals surface area contributed by atoms with E-state index in [0.717, 1.165) is 19.0 Å². The van der Waals surface area contributed by atoms with Crippen LogP contribution < -0.4 is 10.2 Å². The van der Waals surface area contributed by atoms with Crippen LogP contribution in [0.5, 0.6) is 0 Å². The van der Waals surface area contributed by atoms with E-state index >= 15 is 0 Å². The fraction of sp³-hybridized carbons (Fsp3) is 0.706. The van der Waals surface area contributed by atoms with Crippen LogP contribution in [0.1, 0.15) is 56.0 Å². The van der Waals surface area contributed by atoms with E-state index in [4.69, 9.17) is 4.98 Å². The second kappa shape index (κ2) is 6.93. The SMILES string of the molecule is CCC(=Cc1sc(N2CCCCC2)nc1C)CNC1CC1. The van der Waals surface area contributed by atoms with Crippen molar-refractivity contribution in [3.63, 3.8) is 0 Å². The van der Waals surface area contributed by atoms with E-state index in [0.29, 0.717) is 0 Å². The standard InChI is InChI=1S/C17H27N3S/c1-3-14(12-18-15-7-8-15)11-16-13(2)19-17(21-16)20-9-5-4-6-10-20/h11,15,18H,3-10,12H2,1-2H3. The molecule has 2 fully saturated rings. The van der Waals surface area contributed by atoms with Crippen molar-refractivity contribution in [1.29, 1.82) is 0 Å². The predicted molar refractivity (Wildman–Crippen MR) is 92.2 cm³/mol. The largest absolute Gasteiger partial charge is 0.348 e. The van der Waals surface area contributed by atoms with Gasteiger partial charge in [0.25, 0.3) is 0 Å². The van der Waals surface area contributed by atoms with Crippen LogP contribution >= 0.6 is 11.3 Å². The first-order valence-electron chi connectivity index (χ1n) is 8.41. The molecule has 0 amide bonds. The van der Waals surface area contributed by atoms with Crippen LogP contribution in [0, 0.1) is 6.92 Å². The first kappa shape index (κ1) is 15.0. The van der Waals surface area contributed by atoms with E-state index in [1.54, 1.807) is 0 Å². The molecule has 3 nitrogen and oxygen atoms in total. The number of thiazole rings is 1. The van der Waals surface area contributed by atoms with Gasteiger partial charge in [-0.1, -0.05) is 23.8 Å². The number of nitrogens with one attached hydrogen (secondary N) is 1. The van der Waals surface area contributed by atoms with Crippen molar-refractivity contribution in [2.45, 2.75) is 58.4 Å². The first-order chi connectivity index (χ1) is 10.3. The van der Waals surface area contributed by atoms with E-state index in [9.17, 15) is 0 Å². The van der Waals surface area contributed by atoms with Gasteiger partial charge >= 0.3 is 0 Å². The minimum absolute atomic E-state index is 0.784. The van der Waals surface area contributed by atoms with Crippen LogP contribution in [0.25, 0.3) is 6.08 Å². The van der Waals surface area contributed by atoms with E-state index in [1.807, 2.05) is 11.3 Å². The van der Waals surface area contributed by atoms with Crippen LogP contribution in [-0.4, -0.2) is 30.7 Å². The molecular weight excluding hydrogens is 278 g/mol. The maximum atomic E-state index is 4.81. The average molecular weight is 305 g/mol. The molecule has 1 N–H and O–H groups in total. The lowest BCUT2D eigenvalue weighted by molar-refractivity contribution is 0.576. The van der Waals surface area contributed by atoms with Gasteiger partial charge in [-0.05, 0) is 51.5 Å². The lowest BCUT2D eigenvalue weighted by Crippen LogP contribution is -2.29. The average Bonchev–Trinajstić information content (AvgIpc) is 3.27. The second-order valence-electron chi connectivity index (χ2n) is 6.31. The number of hydrogen-bond acceptors (Lipinski definition) is 4. The molecule has 0 radical (unpaired) electrons. The van der Waals surface area contributed by atoms with Gasteiger partial charge in [0.05, 0.1) is 10.6 Å². The lowest BCUT2D eigenvalue weighted by Gasteiger charge is -2.25. The number of nitrogens with zero attached hydrogens (tertiary/aromatic N) is 2. The van der Waals surface area contributed by atoms with Gasteiger partial charge in [-0.15, -0.1) is 0 Å². The van der Waals surface area contributed by atoms with Crippen LogP contribution in [0.2, 0.25) is 0 Å². The van der Waals surface area contributed by atoms with Crippen LogP contribution in [-0.2, 0) is 0 Å². The molecule has 3 rings (SSSR count). The number of piperidine rings is 1. The summed E-state index contributed by atoms with van der Waals surface area (Å²) in [5.41, 5.74) is 2.69. The number of rotatable bonds is 6. The summed E-state index contributed by atoms with van der Waals surface area (Å²) in [7, 11) is 0. The molecule has 1 aromatic heterocycles. The maximum Gasteiger partial charge on any atom is 0.186 e. The second-order valence-corrected chi connectivity index (χ2v) is 7.31. The highest BCUT2D eigenvalue weighted by Crippen LogP contribution is 2.30. The zero-order valence-electron chi connectivity index (χ0n) is 13.3. The van der Waals surface area contributed by atoms with Crippen molar-refractivity contribution in [2.75, 3.05) is 24.5 Å². The zero-order valence-corrected chi connectivity index (χ0v) is 14.1. The number of hydrogen-bond donors (Lipinski definition) is 1. The Bertz CT molecular complexity index is 496. The fourth-order valence-corrected chi connectivity index (χ4v) is 3.88. The molecule has 0 aromatic carbocycles. The number of anilines is 1. The summed E-state index contributed by atoms with van der Waals surface area (Å²) in [5.74, 6) is 0. The van der Waals surface area contributed by atoms with Gasteiger partial charge in [0.2, 0.25) is 0 Å². The Hall–Kier alpha value is -0.870. The van der Waals surface area contributed by atoms with Crippen LogP contribution in [0.4, 0.5) is 5.13 Å². The Morgan fingerprint density at radius 1 is 1.33 bits per heavy atom. The summed E-state index contributed by atoms with van der Waals surface area (Å²) < 4.78 is 0. The summed E-state index contributed by atoms with van der Waals surface area (Å²) in [5, 5.41) is 4.85. The van der Waals surface area contributed by atoms with Gasteiger partial charge in [0, 0.05) is 25.7 Å². The van der Waals surface area contributed by atoms with Gasteiger partial charge < -0.3 is 10.2 Å². The quantitative estimate of drug-likeness (QED) is 0.861. The molecular formula is C17H27N3S. The smallest absolute Gasteiger partial charge is 0.186 e. The molecule has 0 atom stereocenters. The summed E-state index contributed by atoms with van der Waals surface area (Å²) in [4.78, 5) is 8.63. The predicted octanol–water partition coefficient (Wildman–Crippen LogP) is 3.99. The Morgan fingerprint density at radius 3 is 2.76 bits per heavy atom. The van der Waals surface area contributed by atoms with E-state index in [-0.39, 0.29) is 0 Å². The Balaban J connectivity index is 1.69. The molecule has 2 heterocycles. The Labute approximate surface area is 132 Å². The molecule has 0 unspecified atom stereocenters. The third-order valence-electron chi connectivity index (χ3n) is 4.43. The van der Waals surface area contributed by atoms with Crippen LogP contribution in [0.3, 0.4) is 0 Å². The number of aryl methyl sites for hydroxylation is 1. The maximum absolute atomic E-state index is 4.81. The molecule has 116 valence electrons.